The van der Waals surface area contributed by atoms with E-state index < -0.39 is 0 Å². The summed E-state index contributed by atoms with van der Waals surface area (Å²) >= 11 is 0. The highest BCUT2D eigenvalue weighted by Crippen LogP contribution is 2.32. The number of carbonyl (C=O) groups is 2. The van der Waals surface area contributed by atoms with E-state index in [-0.39, 0.29) is 24.2 Å². The second-order valence-corrected chi connectivity index (χ2v) is 10.2. The van der Waals surface area contributed by atoms with Crippen LogP contribution < -0.4 is 19.5 Å². The summed E-state index contributed by atoms with van der Waals surface area (Å²) in [5.74, 6) is 1.79. The zero-order valence-corrected chi connectivity index (χ0v) is 23.2. The monoisotopic (exact) mass is 547 g/mol. The average molecular weight is 548 g/mol. The largest absolute Gasteiger partial charge is 0.486 e. The topological polar surface area (TPSA) is 99.2 Å². The molecular weight excluding hydrogens is 510 g/mol. The summed E-state index contributed by atoms with van der Waals surface area (Å²) in [5.41, 5.74) is 3.47. The van der Waals surface area contributed by atoms with Crippen LogP contribution in [0.4, 0.5) is 5.69 Å². The lowest BCUT2D eigenvalue weighted by molar-refractivity contribution is -0.143. The van der Waals surface area contributed by atoms with Gasteiger partial charge in [0, 0.05) is 30.3 Å². The zero-order valence-electron chi connectivity index (χ0n) is 23.2. The fraction of sp³-hybridized carbons (Fsp3) is 0.452. The number of benzene rings is 2. The van der Waals surface area contributed by atoms with E-state index in [1.165, 1.54) is 5.56 Å². The SMILES string of the molecule is CCOC(=O)CCc1cc(OC)nc2c(NC(=O)C3CCN(CCc4ccc5c(c4)OCCO5)CC3)cccc12. The van der Waals surface area contributed by atoms with E-state index in [1.54, 1.807) is 14.0 Å². The molecule has 0 atom stereocenters. The minimum Gasteiger partial charge on any atom is -0.486 e. The van der Waals surface area contributed by atoms with Gasteiger partial charge in [-0.25, -0.2) is 4.98 Å². The summed E-state index contributed by atoms with van der Waals surface area (Å²) in [7, 11) is 1.56. The van der Waals surface area contributed by atoms with Crippen molar-refractivity contribution in [3.8, 4) is 17.4 Å². The number of nitrogens with zero attached hydrogens (tertiary/aromatic N) is 2. The van der Waals surface area contributed by atoms with E-state index in [4.69, 9.17) is 18.9 Å². The maximum atomic E-state index is 13.3. The highest BCUT2D eigenvalue weighted by Gasteiger charge is 2.26. The highest BCUT2D eigenvalue weighted by molar-refractivity contribution is 6.02. The summed E-state index contributed by atoms with van der Waals surface area (Å²) in [4.78, 5) is 32.3. The van der Waals surface area contributed by atoms with Crippen molar-refractivity contribution in [2.24, 2.45) is 5.92 Å². The molecule has 1 fully saturated rings. The molecule has 1 N–H and O–H groups in total. The fourth-order valence-corrected chi connectivity index (χ4v) is 5.36. The molecule has 0 aliphatic carbocycles. The number of nitrogens with one attached hydrogen (secondary N) is 1. The van der Waals surface area contributed by atoms with Crippen molar-refractivity contribution >= 4 is 28.5 Å². The summed E-state index contributed by atoms with van der Waals surface area (Å²) in [5, 5.41) is 4.01. The molecule has 2 aromatic carbocycles. The molecule has 0 unspecified atom stereocenters. The van der Waals surface area contributed by atoms with Gasteiger partial charge >= 0.3 is 5.97 Å². The molecule has 0 spiro atoms. The standard InChI is InChI=1S/C31H37N3O6/c1-3-38-29(35)10-8-23-20-28(37-2)33-30-24(23)5-4-6-25(30)32-31(36)22-12-15-34(16-13-22)14-11-21-7-9-26-27(19-21)40-18-17-39-26/h4-7,9,19-20,22H,3,8,10-18H2,1-2H3,(H,32,36). The molecule has 212 valence electrons. The molecule has 1 aromatic heterocycles. The molecule has 40 heavy (non-hydrogen) atoms. The third-order valence-electron chi connectivity index (χ3n) is 7.55. The first-order valence-corrected chi connectivity index (χ1v) is 14.1. The first kappa shape index (κ1) is 27.7. The van der Waals surface area contributed by atoms with Crippen molar-refractivity contribution in [1.82, 2.24) is 9.88 Å². The second kappa shape index (κ2) is 13.0. The van der Waals surface area contributed by atoms with Crippen LogP contribution in [0.15, 0.2) is 42.5 Å². The van der Waals surface area contributed by atoms with E-state index in [0.29, 0.717) is 43.3 Å². The lowest BCUT2D eigenvalue weighted by Crippen LogP contribution is -2.39. The molecule has 1 saturated heterocycles. The Kier molecular flexibility index (Phi) is 9.01. The van der Waals surface area contributed by atoms with Gasteiger partial charge in [-0.3, -0.25) is 9.59 Å². The molecule has 0 radical (unpaired) electrons. The first-order valence-electron chi connectivity index (χ1n) is 14.1. The number of piperidine rings is 1. The Labute approximate surface area is 234 Å². The number of ether oxygens (including phenoxy) is 4. The maximum Gasteiger partial charge on any atom is 0.306 e. The third-order valence-corrected chi connectivity index (χ3v) is 7.55. The molecule has 0 bridgehead atoms. The summed E-state index contributed by atoms with van der Waals surface area (Å²) in [6, 6.07) is 13.7. The number of carbonyl (C=O) groups excluding carboxylic acids is 2. The van der Waals surface area contributed by atoms with Gasteiger partial charge in [0.15, 0.2) is 11.5 Å². The number of hydrogen-bond acceptors (Lipinski definition) is 8. The zero-order chi connectivity index (χ0) is 27.9. The van der Waals surface area contributed by atoms with Crippen molar-refractivity contribution in [2.45, 2.75) is 39.0 Å². The highest BCUT2D eigenvalue weighted by atomic mass is 16.6. The normalized spacial score (nSPS) is 15.6. The van der Waals surface area contributed by atoms with Crippen LogP contribution in [0.3, 0.4) is 0 Å². The average Bonchev–Trinajstić information content (AvgIpc) is 2.99. The molecule has 3 aromatic rings. The first-order chi connectivity index (χ1) is 19.5. The lowest BCUT2D eigenvalue weighted by atomic mass is 9.95. The van der Waals surface area contributed by atoms with Crippen molar-refractivity contribution in [1.29, 1.82) is 0 Å². The molecule has 2 aliphatic rings. The van der Waals surface area contributed by atoms with Gasteiger partial charge in [-0.2, -0.15) is 0 Å². The van der Waals surface area contributed by atoms with E-state index in [1.807, 2.05) is 30.3 Å². The number of likely N-dealkylation sites (tertiary alicyclic amines) is 1. The Balaban J connectivity index is 1.18. The number of methoxy groups -OCH3 is 1. The van der Waals surface area contributed by atoms with Crippen molar-refractivity contribution in [3.63, 3.8) is 0 Å². The van der Waals surface area contributed by atoms with Gasteiger partial charge in [0.2, 0.25) is 11.8 Å². The van der Waals surface area contributed by atoms with Crippen LogP contribution in [0, 0.1) is 5.92 Å². The fourth-order valence-electron chi connectivity index (χ4n) is 5.36. The van der Waals surface area contributed by atoms with Gasteiger partial charge in [-0.15, -0.1) is 0 Å². The quantitative estimate of drug-likeness (QED) is 0.373. The van der Waals surface area contributed by atoms with Crippen LogP contribution in [0.1, 0.15) is 37.3 Å². The molecule has 9 nitrogen and oxygen atoms in total. The summed E-state index contributed by atoms with van der Waals surface area (Å²) < 4.78 is 21.8. The molecule has 0 saturated carbocycles. The van der Waals surface area contributed by atoms with Gasteiger partial charge in [0.25, 0.3) is 0 Å². The van der Waals surface area contributed by atoms with Crippen LogP contribution in [-0.2, 0) is 27.2 Å². The van der Waals surface area contributed by atoms with Crippen LogP contribution in [0.25, 0.3) is 10.9 Å². The third kappa shape index (κ3) is 6.65. The maximum absolute atomic E-state index is 13.3. The molecule has 1 amide bonds. The van der Waals surface area contributed by atoms with Gasteiger partial charge in [0.1, 0.15) is 13.2 Å². The second-order valence-electron chi connectivity index (χ2n) is 10.2. The lowest BCUT2D eigenvalue weighted by Gasteiger charge is -2.31. The van der Waals surface area contributed by atoms with Crippen LogP contribution in [0.2, 0.25) is 0 Å². The van der Waals surface area contributed by atoms with Crippen LogP contribution in [0.5, 0.6) is 17.4 Å². The Morgan fingerprint density at radius 1 is 1.05 bits per heavy atom. The van der Waals surface area contributed by atoms with E-state index in [2.05, 4.69) is 27.3 Å². The number of hydrogen-bond donors (Lipinski definition) is 1. The van der Waals surface area contributed by atoms with Gasteiger partial charge in [-0.1, -0.05) is 18.2 Å². The number of amides is 1. The number of pyridine rings is 1. The van der Waals surface area contributed by atoms with Gasteiger partial charge < -0.3 is 29.2 Å². The van der Waals surface area contributed by atoms with Crippen molar-refractivity contribution < 1.29 is 28.5 Å². The van der Waals surface area contributed by atoms with Crippen molar-refractivity contribution in [3.05, 3.63) is 53.6 Å². The number of anilines is 1. The molecule has 2 aliphatic heterocycles. The Bertz CT molecular complexity index is 1350. The van der Waals surface area contributed by atoms with Gasteiger partial charge in [-0.05, 0) is 75.0 Å². The number of fused-ring (bicyclic) bond motifs is 2. The Morgan fingerprint density at radius 2 is 1.85 bits per heavy atom. The Hall–Kier alpha value is -3.85. The van der Waals surface area contributed by atoms with E-state index in [9.17, 15) is 9.59 Å². The minimum atomic E-state index is -0.242. The molecule has 3 heterocycles. The van der Waals surface area contributed by atoms with Crippen LogP contribution >= 0.6 is 0 Å². The molecule has 9 heteroatoms. The predicted molar refractivity (Wildman–Crippen MR) is 152 cm³/mol. The molecule has 5 rings (SSSR count). The predicted octanol–water partition coefficient (Wildman–Crippen LogP) is 4.40. The minimum absolute atomic E-state index is 0.0108. The summed E-state index contributed by atoms with van der Waals surface area (Å²) in [6.07, 6.45) is 3.30. The number of para-hydroxylation sites is 1. The number of aryl methyl sites for hydroxylation is 1. The Morgan fingerprint density at radius 3 is 2.62 bits per heavy atom. The summed E-state index contributed by atoms with van der Waals surface area (Å²) in [6.45, 7) is 6.03. The van der Waals surface area contributed by atoms with E-state index >= 15 is 0 Å². The van der Waals surface area contributed by atoms with Crippen molar-refractivity contribution in [2.75, 3.05) is 51.9 Å². The number of aromatic nitrogens is 1. The van der Waals surface area contributed by atoms with Crippen LogP contribution in [-0.4, -0.2) is 68.3 Å². The number of esters is 1. The van der Waals surface area contributed by atoms with E-state index in [0.717, 1.165) is 61.3 Å². The van der Waals surface area contributed by atoms with Gasteiger partial charge in [0.05, 0.1) is 24.9 Å². The number of rotatable bonds is 10. The smallest absolute Gasteiger partial charge is 0.306 e. The molecular formula is C31H37N3O6.